The molecule has 0 spiro atoms. The molecule has 0 bridgehead atoms. The van der Waals surface area contributed by atoms with E-state index in [0.717, 1.165) is 12.8 Å². The monoisotopic (exact) mass is 230 g/mol. The third-order valence-electron chi connectivity index (χ3n) is 2.84. The van der Waals surface area contributed by atoms with Crippen molar-refractivity contribution in [1.29, 1.82) is 0 Å². The van der Waals surface area contributed by atoms with Gasteiger partial charge in [0, 0.05) is 7.11 Å². The molecule has 1 aliphatic carbocycles. The van der Waals surface area contributed by atoms with Crippen LogP contribution in [-0.2, 0) is 4.74 Å². The fourth-order valence-electron chi connectivity index (χ4n) is 1.80. The zero-order chi connectivity index (χ0) is 10.1. The zero-order valence-electron chi connectivity index (χ0n) is 7.97. The molecule has 3 heteroatoms. The maximum Gasteiger partial charge on any atom is 0.0595 e. The van der Waals surface area contributed by atoms with Crippen LogP contribution in [0.5, 0.6) is 0 Å². The van der Waals surface area contributed by atoms with E-state index in [1.165, 1.54) is 5.56 Å². The summed E-state index contributed by atoms with van der Waals surface area (Å²) in [5.41, 5.74) is 1.27. The van der Waals surface area contributed by atoms with Gasteiger partial charge in [0.1, 0.15) is 0 Å². The van der Waals surface area contributed by atoms with E-state index < -0.39 is 0 Å². The molecule has 1 saturated carbocycles. The summed E-state index contributed by atoms with van der Waals surface area (Å²) in [6.07, 6.45) is 2.61. The highest BCUT2D eigenvalue weighted by Crippen LogP contribution is 2.39. The summed E-state index contributed by atoms with van der Waals surface area (Å²) in [4.78, 5) is 0. The van der Waals surface area contributed by atoms with Crippen molar-refractivity contribution in [2.45, 2.75) is 24.9 Å². The minimum atomic E-state index is 0.425. The summed E-state index contributed by atoms with van der Waals surface area (Å²) in [5, 5.41) is 1.27. The van der Waals surface area contributed by atoms with Crippen LogP contribution in [0.3, 0.4) is 0 Å². The number of hydrogen-bond acceptors (Lipinski definition) is 1. The van der Waals surface area contributed by atoms with Crippen molar-refractivity contribution in [3.05, 3.63) is 33.8 Å². The molecule has 1 nitrogen and oxygen atoms in total. The Morgan fingerprint density at radius 2 is 1.93 bits per heavy atom. The van der Waals surface area contributed by atoms with Gasteiger partial charge in [-0.2, -0.15) is 0 Å². The zero-order valence-corrected chi connectivity index (χ0v) is 9.48. The molecular formula is C11H12Cl2O. The largest absolute Gasteiger partial charge is 0.381 e. The van der Waals surface area contributed by atoms with Gasteiger partial charge >= 0.3 is 0 Å². The Kier molecular flexibility index (Phi) is 3.01. The Bertz CT molecular complexity index is 332. The standard InChI is InChI=1S/C11H12Cl2O/c1-14-9-4-8(5-9)7-2-3-10(12)11(13)6-7/h2-3,6,8-9H,4-5H2,1H3. The van der Waals surface area contributed by atoms with E-state index in [1.807, 2.05) is 18.2 Å². The lowest BCUT2D eigenvalue weighted by Gasteiger charge is -2.34. The van der Waals surface area contributed by atoms with Crippen LogP contribution < -0.4 is 0 Å². The quantitative estimate of drug-likeness (QED) is 0.750. The van der Waals surface area contributed by atoms with Crippen LogP contribution >= 0.6 is 23.2 Å². The van der Waals surface area contributed by atoms with E-state index in [-0.39, 0.29) is 0 Å². The summed E-state index contributed by atoms with van der Waals surface area (Å²) in [6.45, 7) is 0. The summed E-state index contributed by atoms with van der Waals surface area (Å²) in [6, 6.07) is 5.87. The minimum absolute atomic E-state index is 0.425. The summed E-state index contributed by atoms with van der Waals surface area (Å²) >= 11 is 11.8. The van der Waals surface area contributed by atoms with Gasteiger partial charge < -0.3 is 4.74 Å². The molecule has 1 aromatic carbocycles. The Labute approximate surface area is 94.0 Å². The van der Waals surface area contributed by atoms with Crippen molar-refractivity contribution in [3.8, 4) is 0 Å². The van der Waals surface area contributed by atoms with Gasteiger partial charge in [0.25, 0.3) is 0 Å². The van der Waals surface area contributed by atoms with Gasteiger partial charge in [-0.3, -0.25) is 0 Å². The van der Waals surface area contributed by atoms with Crippen LogP contribution in [0, 0.1) is 0 Å². The highest BCUT2D eigenvalue weighted by Gasteiger charge is 2.30. The molecule has 2 rings (SSSR count). The molecule has 14 heavy (non-hydrogen) atoms. The third-order valence-corrected chi connectivity index (χ3v) is 3.58. The summed E-state index contributed by atoms with van der Waals surface area (Å²) < 4.78 is 5.23. The van der Waals surface area contributed by atoms with E-state index in [1.54, 1.807) is 7.11 Å². The molecule has 76 valence electrons. The SMILES string of the molecule is COC1CC(c2ccc(Cl)c(Cl)c2)C1. The lowest BCUT2D eigenvalue weighted by molar-refractivity contribution is 0.0258. The molecule has 0 heterocycles. The first-order valence-electron chi connectivity index (χ1n) is 4.68. The van der Waals surface area contributed by atoms with Crippen molar-refractivity contribution < 1.29 is 4.74 Å². The van der Waals surface area contributed by atoms with E-state index in [0.29, 0.717) is 22.1 Å². The van der Waals surface area contributed by atoms with E-state index in [4.69, 9.17) is 27.9 Å². The van der Waals surface area contributed by atoms with E-state index in [2.05, 4.69) is 0 Å². The van der Waals surface area contributed by atoms with Crippen molar-refractivity contribution in [3.63, 3.8) is 0 Å². The van der Waals surface area contributed by atoms with Crippen molar-refractivity contribution in [2.24, 2.45) is 0 Å². The molecule has 0 saturated heterocycles. The fraction of sp³-hybridized carbons (Fsp3) is 0.455. The van der Waals surface area contributed by atoms with Gasteiger partial charge in [-0.25, -0.2) is 0 Å². The lowest BCUT2D eigenvalue weighted by atomic mass is 9.77. The maximum atomic E-state index is 5.95. The molecular weight excluding hydrogens is 219 g/mol. The molecule has 0 aliphatic heterocycles. The highest BCUT2D eigenvalue weighted by molar-refractivity contribution is 6.42. The first kappa shape index (κ1) is 10.3. The van der Waals surface area contributed by atoms with Crippen LogP contribution in [0.4, 0.5) is 0 Å². The first-order valence-corrected chi connectivity index (χ1v) is 5.44. The predicted molar refractivity (Wildman–Crippen MR) is 59.2 cm³/mol. The van der Waals surface area contributed by atoms with Crippen molar-refractivity contribution in [2.75, 3.05) is 7.11 Å². The first-order chi connectivity index (χ1) is 6.70. The molecule has 1 fully saturated rings. The predicted octanol–water partition coefficient (Wildman–Crippen LogP) is 3.89. The number of halogens is 2. The average Bonchev–Trinajstić information content (AvgIpc) is 2.09. The number of ether oxygens (including phenoxy) is 1. The van der Waals surface area contributed by atoms with Crippen LogP contribution in [0.25, 0.3) is 0 Å². The van der Waals surface area contributed by atoms with Crippen LogP contribution in [0.15, 0.2) is 18.2 Å². The Balaban J connectivity index is 2.08. The Hall–Kier alpha value is -0.240. The van der Waals surface area contributed by atoms with Crippen molar-refractivity contribution >= 4 is 23.2 Å². The number of hydrogen-bond donors (Lipinski definition) is 0. The maximum absolute atomic E-state index is 5.95. The molecule has 0 radical (unpaired) electrons. The fourth-order valence-corrected chi connectivity index (χ4v) is 2.10. The van der Waals surface area contributed by atoms with E-state index >= 15 is 0 Å². The second-order valence-corrected chi connectivity index (χ2v) is 4.51. The molecule has 0 N–H and O–H groups in total. The van der Waals surface area contributed by atoms with Crippen LogP contribution in [0.2, 0.25) is 10.0 Å². The Morgan fingerprint density at radius 1 is 1.21 bits per heavy atom. The van der Waals surface area contributed by atoms with Gasteiger partial charge in [0.15, 0.2) is 0 Å². The smallest absolute Gasteiger partial charge is 0.0595 e. The second kappa shape index (κ2) is 4.09. The number of rotatable bonds is 2. The molecule has 0 aromatic heterocycles. The Morgan fingerprint density at radius 3 is 2.50 bits per heavy atom. The summed E-state index contributed by atoms with van der Waals surface area (Å²) in [5.74, 6) is 0.592. The summed E-state index contributed by atoms with van der Waals surface area (Å²) in [7, 11) is 1.76. The highest BCUT2D eigenvalue weighted by atomic mass is 35.5. The van der Waals surface area contributed by atoms with Crippen LogP contribution in [0.1, 0.15) is 24.3 Å². The normalized spacial score (nSPS) is 25.9. The van der Waals surface area contributed by atoms with E-state index in [9.17, 15) is 0 Å². The second-order valence-electron chi connectivity index (χ2n) is 3.70. The van der Waals surface area contributed by atoms with Crippen LogP contribution in [-0.4, -0.2) is 13.2 Å². The van der Waals surface area contributed by atoms with Gasteiger partial charge in [0.05, 0.1) is 16.1 Å². The van der Waals surface area contributed by atoms with Gasteiger partial charge in [0.2, 0.25) is 0 Å². The molecule has 0 amide bonds. The van der Waals surface area contributed by atoms with Crippen molar-refractivity contribution in [1.82, 2.24) is 0 Å². The molecule has 1 aliphatic rings. The minimum Gasteiger partial charge on any atom is -0.381 e. The van der Waals surface area contributed by atoms with Gasteiger partial charge in [-0.1, -0.05) is 29.3 Å². The topological polar surface area (TPSA) is 9.23 Å². The number of benzene rings is 1. The lowest BCUT2D eigenvalue weighted by Crippen LogP contribution is -2.28. The third kappa shape index (κ3) is 1.90. The van der Waals surface area contributed by atoms with Gasteiger partial charge in [-0.05, 0) is 36.5 Å². The molecule has 0 unspecified atom stereocenters. The molecule has 0 atom stereocenters. The molecule has 1 aromatic rings. The van der Waals surface area contributed by atoms with Gasteiger partial charge in [-0.15, -0.1) is 0 Å². The number of methoxy groups -OCH3 is 1. The average molecular weight is 231 g/mol.